The van der Waals surface area contributed by atoms with Crippen LogP contribution in [0, 0.1) is 0 Å². The molecule has 9 nitrogen and oxygen atoms in total. The molecule has 0 saturated heterocycles. The Bertz CT molecular complexity index is 2480. The summed E-state index contributed by atoms with van der Waals surface area (Å²) in [4.78, 5) is 7.30. The van der Waals surface area contributed by atoms with Crippen molar-refractivity contribution in [3.05, 3.63) is 66.9 Å². The van der Waals surface area contributed by atoms with Gasteiger partial charge in [-0.1, -0.05) is 12.1 Å². The molecular weight excluding hydrogens is 1090 g/mol. The fourth-order valence-electron chi connectivity index (χ4n) is 5.70. The Kier molecular flexibility index (Phi) is 20.0. The van der Waals surface area contributed by atoms with Gasteiger partial charge in [0.15, 0.2) is 0 Å². The van der Waals surface area contributed by atoms with Gasteiger partial charge in [-0.15, -0.1) is 68.0 Å². The molecule has 59 heavy (non-hydrogen) atoms. The van der Waals surface area contributed by atoms with E-state index in [4.69, 9.17) is 18.1 Å². The first-order valence-electron chi connectivity index (χ1n) is 17.7. The molecule has 6 rings (SSSR count). The van der Waals surface area contributed by atoms with E-state index in [9.17, 15) is 18.3 Å². The zero-order valence-corrected chi connectivity index (χ0v) is 45.9. The van der Waals surface area contributed by atoms with Crippen molar-refractivity contribution in [2.24, 2.45) is 4.30 Å². The molecule has 6 aromatic rings. The maximum absolute atomic E-state index is 14.0. The molecule has 0 spiro atoms. The molecule has 0 saturated carbocycles. The molecule has 0 N–H and O–H groups in total. The third-order valence-corrected chi connectivity index (χ3v) is 24.1. The van der Waals surface area contributed by atoms with Gasteiger partial charge < -0.3 is 27.2 Å². The summed E-state index contributed by atoms with van der Waals surface area (Å²) in [5.41, 5.74) is 0. The molecule has 23 heteroatoms. The van der Waals surface area contributed by atoms with Gasteiger partial charge >= 0.3 is 39.9 Å². The number of rotatable bonds is 16. The first-order chi connectivity index (χ1) is 27.8. The SMILES string of the molecule is CCOP(=O)(OCC)c1c(-c2ccc(Br)s2)sc(-c2ccc(Br)s2)c1P(C)(C)=O.CCOP(=O)(OCC)c1c(-c2cccs2)sc(-c2cccs2)c1P(C)(C)=O.[B]=NS. The van der Waals surface area contributed by atoms with Crippen molar-refractivity contribution in [1.82, 2.24) is 0 Å². The van der Waals surface area contributed by atoms with E-state index in [1.807, 2.05) is 59.3 Å². The molecular formula is C36H43BBr2NO8P4S7. The molecule has 6 aromatic heterocycles. The second-order valence-electron chi connectivity index (χ2n) is 12.6. The van der Waals surface area contributed by atoms with Gasteiger partial charge in [0, 0.05) is 30.1 Å². The fourth-order valence-corrected chi connectivity index (χ4v) is 23.9. The summed E-state index contributed by atoms with van der Waals surface area (Å²) in [5.74, 6) is 0. The van der Waals surface area contributed by atoms with Crippen LogP contribution in [0.25, 0.3) is 39.0 Å². The van der Waals surface area contributed by atoms with E-state index >= 15 is 0 Å². The zero-order valence-electron chi connectivity index (χ0n) is 33.3. The van der Waals surface area contributed by atoms with Crippen LogP contribution < -0.4 is 21.2 Å². The molecule has 0 aromatic carbocycles. The number of thiophene rings is 6. The number of nitrogens with zero attached hydrogens (tertiary/aromatic N) is 1. The number of thiol groups is 1. The zero-order chi connectivity index (χ0) is 43.8. The molecule has 6 heterocycles. The third-order valence-electron chi connectivity index (χ3n) is 7.62. The van der Waals surface area contributed by atoms with Crippen LogP contribution in [0.3, 0.4) is 0 Å². The molecule has 0 bridgehead atoms. The van der Waals surface area contributed by atoms with Crippen LogP contribution in [-0.2, 0) is 36.4 Å². The molecule has 0 fully saturated rings. The standard InChI is InChI=1S/C18H20Br2O4P2S3.C18H22O4P2S3.BHNS/c1-5-23-26(22,24-6-2)16-15(25(3,4)21)17(11-7-9-13(19)27-11)29-18(16)12-8-10-14(20)28-12;1-5-21-24(20,22-6-2)16-15(23(3,4)19)17(13-9-7-11-25-13)27-18(16)14-10-8-12-26-14;1-2-3/h7-10H,5-6H2,1-4H3;7-12H,5-6H2,1-4H3;3H. The van der Waals surface area contributed by atoms with Crippen LogP contribution in [0.15, 0.2) is 71.2 Å². The van der Waals surface area contributed by atoms with Crippen molar-refractivity contribution >= 4 is 171 Å². The van der Waals surface area contributed by atoms with Crippen molar-refractivity contribution in [3.8, 4) is 39.0 Å². The Morgan fingerprint density at radius 3 is 1.10 bits per heavy atom. The quantitative estimate of drug-likeness (QED) is 0.0578. The molecule has 0 atom stereocenters. The Morgan fingerprint density at radius 1 is 0.542 bits per heavy atom. The average Bonchev–Trinajstić information content (AvgIpc) is 3.98. The van der Waals surface area contributed by atoms with Crippen molar-refractivity contribution < 1.29 is 36.4 Å². The van der Waals surface area contributed by atoms with Gasteiger partial charge in [0.1, 0.15) is 14.3 Å². The van der Waals surface area contributed by atoms with Crippen molar-refractivity contribution in [3.63, 3.8) is 0 Å². The predicted molar refractivity (Wildman–Crippen MR) is 274 cm³/mol. The summed E-state index contributed by atoms with van der Waals surface area (Å²) in [6, 6.07) is 15.8. The maximum atomic E-state index is 14.0. The van der Waals surface area contributed by atoms with E-state index in [1.165, 1.54) is 34.0 Å². The number of halogens is 2. The summed E-state index contributed by atoms with van der Waals surface area (Å²) in [5, 5.41) is 6.13. The summed E-state index contributed by atoms with van der Waals surface area (Å²) >= 11 is 19.5. The molecule has 0 aliphatic heterocycles. The number of hydrogen-bond acceptors (Lipinski definition) is 16. The molecule has 0 aliphatic rings. The van der Waals surface area contributed by atoms with Crippen molar-refractivity contribution in [2.45, 2.75) is 27.7 Å². The van der Waals surface area contributed by atoms with Crippen molar-refractivity contribution in [1.29, 1.82) is 0 Å². The van der Waals surface area contributed by atoms with Crippen LogP contribution in [0.4, 0.5) is 0 Å². The van der Waals surface area contributed by atoms with Crippen LogP contribution in [-0.4, -0.2) is 60.7 Å². The van der Waals surface area contributed by atoms with Gasteiger partial charge in [0.25, 0.3) is 0 Å². The second-order valence-corrected chi connectivity index (χ2v) is 31.9. The summed E-state index contributed by atoms with van der Waals surface area (Å²) < 4.78 is 82.1. The minimum atomic E-state index is -3.67. The van der Waals surface area contributed by atoms with Crippen LogP contribution >= 0.6 is 142 Å². The molecule has 0 aliphatic carbocycles. The Labute approximate surface area is 394 Å². The van der Waals surface area contributed by atoms with Gasteiger partial charge in [-0.2, -0.15) is 0 Å². The van der Waals surface area contributed by atoms with Crippen molar-refractivity contribution in [2.75, 3.05) is 53.1 Å². The minimum absolute atomic E-state index is 0.234. The van der Waals surface area contributed by atoms with E-state index in [0.29, 0.717) is 21.2 Å². The summed E-state index contributed by atoms with van der Waals surface area (Å²) in [6.07, 6.45) is 0. The molecule has 1 radical (unpaired) electrons. The van der Waals surface area contributed by atoms with Gasteiger partial charge in [-0.25, -0.2) is 0 Å². The number of hydrogen-bond donors (Lipinski definition) is 1. The first-order valence-corrected chi connectivity index (χ1v) is 33.0. The Morgan fingerprint density at radius 2 is 0.847 bits per heavy atom. The van der Waals surface area contributed by atoms with Gasteiger partial charge in [-0.3, -0.25) is 9.13 Å². The monoisotopic (exact) mass is 1130 g/mol. The van der Waals surface area contributed by atoms with Crippen LogP contribution in [0.2, 0.25) is 0 Å². The first kappa shape index (κ1) is 51.8. The predicted octanol–water partition coefficient (Wildman–Crippen LogP) is 14.4. The molecule has 319 valence electrons. The topological polar surface area (TPSA) is 118 Å². The summed E-state index contributed by atoms with van der Waals surface area (Å²) in [7, 11) is -8.54. The van der Waals surface area contributed by atoms with Gasteiger partial charge in [0.2, 0.25) is 0 Å². The van der Waals surface area contributed by atoms with E-state index < -0.39 is 29.5 Å². The van der Waals surface area contributed by atoms with E-state index in [1.54, 1.807) is 88.4 Å². The Hall–Kier alpha value is 0.135. The van der Waals surface area contributed by atoms with Gasteiger partial charge in [-0.05, 0) is 133 Å². The van der Waals surface area contributed by atoms with Crippen LogP contribution in [0.5, 0.6) is 0 Å². The average molecular weight is 1140 g/mol. The van der Waals surface area contributed by atoms with E-state index in [-0.39, 0.29) is 26.4 Å². The van der Waals surface area contributed by atoms with Crippen LogP contribution in [0.1, 0.15) is 27.7 Å². The fraction of sp³-hybridized carbons (Fsp3) is 0.333. The third kappa shape index (κ3) is 12.7. The van der Waals surface area contributed by atoms with E-state index in [2.05, 4.69) is 56.6 Å². The Balaban J connectivity index is 0.000000245. The normalized spacial score (nSPS) is 12.2. The molecule has 0 amide bonds. The van der Waals surface area contributed by atoms with Gasteiger partial charge in [0.05, 0.1) is 64.1 Å². The summed E-state index contributed by atoms with van der Waals surface area (Å²) in [6.45, 7) is 15.0. The molecule has 0 unspecified atom stereocenters. The van der Waals surface area contributed by atoms with E-state index in [0.717, 1.165) is 46.6 Å². The second kappa shape index (κ2) is 22.8.